The first-order chi connectivity index (χ1) is 25.8. The van der Waals surface area contributed by atoms with E-state index in [4.69, 9.17) is 36.8 Å². The topological polar surface area (TPSA) is 77.3 Å². The van der Waals surface area contributed by atoms with Gasteiger partial charge in [-0.1, -0.05) is 164 Å². The molecule has 0 bridgehead atoms. The summed E-state index contributed by atoms with van der Waals surface area (Å²) in [4.78, 5) is 28.7. The zero-order chi connectivity index (χ0) is 36.5. The third-order valence-corrected chi connectivity index (χ3v) is 7.69. The van der Waals surface area contributed by atoms with Gasteiger partial charge in [-0.2, -0.15) is 0 Å². The average molecular weight is 622 g/mol. The van der Waals surface area contributed by atoms with Crippen LogP contribution >= 0.6 is 0 Å². The minimum absolute atomic E-state index is 0.0336. The molecule has 6 aromatic carbocycles. The van der Waals surface area contributed by atoms with Gasteiger partial charge in [-0.25, -0.2) is 29.9 Å². The standard InChI is InChI=1S/C42H28N6/c1-5-14-29(15-6-1)35-22-13-23-36(28-35)42-47-39(32-20-11-4-12-21-32)46-41(48-42)34-26-24-33(25-27-34)40-44-37(30-16-7-2-8-17-30)43-38(45-40)31-18-9-3-10-19-31/h1-28H/i4D,11D,12D,20D,21D. The molecule has 8 rings (SSSR count). The van der Waals surface area contributed by atoms with E-state index in [2.05, 4.69) is 0 Å². The second-order valence-corrected chi connectivity index (χ2v) is 10.9. The maximum Gasteiger partial charge on any atom is 0.164 e. The van der Waals surface area contributed by atoms with E-state index in [0.29, 0.717) is 28.6 Å². The molecule has 0 saturated carbocycles. The third-order valence-electron chi connectivity index (χ3n) is 7.69. The van der Waals surface area contributed by atoms with Crippen LogP contribution in [0, 0.1) is 0 Å². The zero-order valence-corrected chi connectivity index (χ0v) is 25.5. The van der Waals surface area contributed by atoms with Crippen LogP contribution in [-0.2, 0) is 0 Å². The van der Waals surface area contributed by atoms with Crippen LogP contribution in [0.2, 0.25) is 0 Å². The summed E-state index contributed by atoms with van der Waals surface area (Å²) in [6.07, 6.45) is 0. The fourth-order valence-electron chi connectivity index (χ4n) is 5.28. The molecule has 0 atom stereocenters. The van der Waals surface area contributed by atoms with Crippen molar-refractivity contribution in [2.45, 2.75) is 0 Å². The number of aromatic nitrogens is 6. The van der Waals surface area contributed by atoms with Crippen LogP contribution in [0.3, 0.4) is 0 Å². The van der Waals surface area contributed by atoms with Crippen LogP contribution in [0.25, 0.3) is 79.5 Å². The van der Waals surface area contributed by atoms with Gasteiger partial charge in [0.2, 0.25) is 0 Å². The van der Waals surface area contributed by atoms with E-state index in [0.717, 1.165) is 27.8 Å². The molecule has 0 spiro atoms. The predicted molar refractivity (Wildman–Crippen MR) is 191 cm³/mol. The van der Waals surface area contributed by atoms with Gasteiger partial charge in [-0.15, -0.1) is 0 Å². The molecule has 48 heavy (non-hydrogen) atoms. The van der Waals surface area contributed by atoms with E-state index in [-0.39, 0.29) is 23.0 Å². The maximum absolute atomic E-state index is 8.66. The highest BCUT2D eigenvalue weighted by Crippen LogP contribution is 2.30. The monoisotopic (exact) mass is 621 g/mol. The number of hydrogen-bond acceptors (Lipinski definition) is 6. The van der Waals surface area contributed by atoms with Gasteiger partial charge in [0.25, 0.3) is 0 Å². The van der Waals surface area contributed by atoms with E-state index in [9.17, 15) is 0 Å². The van der Waals surface area contributed by atoms with Crippen molar-refractivity contribution in [3.63, 3.8) is 0 Å². The average Bonchev–Trinajstić information content (AvgIpc) is 3.23. The largest absolute Gasteiger partial charge is 0.208 e. The first-order valence-electron chi connectivity index (χ1n) is 17.8. The Balaban J connectivity index is 1.26. The molecule has 0 fully saturated rings. The Morgan fingerprint density at radius 1 is 0.271 bits per heavy atom. The van der Waals surface area contributed by atoms with Crippen molar-refractivity contribution in [3.8, 4) is 79.5 Å². The molecule has 6 heteroatoms. The van der Waals surface area contributed by atoms with Gasteiger partial charge in [-0.05, 0) is 17.2 Å². The third kappa shape index (κ3) is 6.10. The van der Waals surface area contributed by atoms with Gasteiger partial charge < -0.3 is 0 Å². The van der Waals surface area contributed by atoms with Crippen LogP contribution in [-0.4, -0.2) is 29.9 Å². The fourth-order valence-corrected chi connectivity index (χ4v) is 5.28. The Morgan fingerprint density at radius 2 is 0.604 bits per heavy atom. The second kappa shape index (κ2) is 13.0. The molecule has 0 aliphatic rings. The molecule has 0 N–H and O–H groups in total. The lowest BCUT2D eigenvalue weighted by atomic mass is 10.0. The summed E-state index contributed by atoms with van der Waals surface area (Å²) < 4.78 is 42.0. The van der Waals surface area contributed by atoms with Crippen molar-refractivity contribution >= 4 is 0 Å². The van der Waals surface area contributed by atoms with Gasteiger partial charge in [0, 0.05) is 33.4 Å². The minimum Gasteiger partial charge on any atom is -0.208 e. The highest BCUT2D eigenvalue weighted by molar-refractivity contribution is 5.73. The lowest BCUT2D eigenvalue weighted by Gasteiger charge is -2.11. The van der Waals surface area contributed by atoms with E-state index in [1.807, 2.05) is 140 Å². The van der Waals surface area contributed by atoms with Gasteiger partial charge in [0.05, 0.1) is 6.85 Å². The van der Waals surface area contributed by atoms with E-state index in [1.165, 1.54) is 0 Å². The number of rotatable bonds is 7. The summed E-state index contributed by atoms with van der Waals surface area (Å²) in [5.74, 6) is 2.09. The minimum atomic E-state index is -0.492. The van der Waals surface area contributed by atoms with Crippen molar-refractivity contribution in [2.75, 3.05) is 0 Å². The smallest absolute Gasteiger partial charge is 0.164 e. The fraction of sp³-hybridized carbons (Fsp3) is 0. The maximum atomic E-state index is 8.66. The molecular formula is C42H28N6. The first-order valence-corrected chi connectivity index (χ1v) is 15.3. The lowest BCUT2D eigenvalue weighted by Crippen LogP contribution is -2.01. The van der Waals surface area contributed by atoms with Crippen LogP contribution in [0.5, 0.6) is 0 Å². The Kier molecular flexibility index (Phi) is 6.40. The first kappa shape index (κ1) is 23.6. The molecule has 2 heterocycles. The summed E-state index contributed by atoms with van der Waals surface area (Å²) in [6, 6.07) is 42.3. The molecule has 0 saturated heterocycles. The van der Waals surface area contributed by atoms with Crippen LogP contribution in [0.15, 0.2) is 170 Å². The SMILES string of the molecule is [2H]c1c([2H])c([2H])c(-c2nc(-c3ccc(-c4nc(-c5ccccc5)nc(-c5ccccc5)n4)cc3)nc(-c3cccc(-c4ccccc4)c3)n2)c([2H])c1[2H]. The predicted octanol–water partition coefficient (Wildman–Crippen LogP) is 9.73. The molecule has 8 aromatic rings. The Hall–Kier alpha value is -6.66. The summed E-state index contributed by atoms with van der Waals surface area (Å²) in [5, 5.41) is 0. The molecule has 0 amide bonds. The van der Waals surface area contributed by atoms with Crippen molar-refractivity contribution in [2.24, 2.45) is 0 Å². The number of nitrogens with zero attached hydrogens (tertiary/aromatic N) is 6. The molecule has 0 aliphatic heterocycles. The Morgan fingerprint density at radius 3 is 1.06 bits per heavy atom. The normalized spacial score (nSPS) is 12.4. The molecule has 6 nitrogen and oxygen atoms in total. The summed E-state index contributed by atoms with van der Waals surface area (Å²) in [7, 11) is 0. The summed E-state index contributed by atoms with van der Waals surface area (Å²) >= 11 is 0. The Bertz CT molecular complexity index is 2520. The van der Waals surface area contributed by atoms with E-state index in [1.54, 1.807) is 0 Å². The number of benzene rings is 6. The summed E-state index contributed by atoms with van der Waals surface area (Å²) in [5.41, 5.74) is 5.59. The molecule has 0 unspecified atom stereocenters. The lowest BCUT2D eigenvalue weighted by molar-refractivity contribution is 1.07. The van der Waals surface area contributed by atoms with E-state index >= 15 is 0 Å². The van der Waals surface area contributed by atoms with Gasteiger partial charge in [-0.3, -0.25) is 0 Å². The second-order valence-electron chi connectivity index (χ2n) is 10.9. The zero-order valence-electron chi connectivity index (χ0n) is 30.5. The summed E-state index contributed by atoms with van der Waals surface area (Å²) in [6.45, 7) is 0. The van der Waals surface area contributed by atoms with Crippen molar-refractivity contribution in [3.05, 3.63) is 170 Å². The van der Waals surface area contributed by atoms with Crippen LogP contribution in [0.4, 0.5) is 0 Å². The van der Waals surface area contributed by atoms with Gasteiger partial charge >= 0.3 is 0 Å². The van der Waals surface area contributed by atoms with Gasteiger partial charge in [0.1, 0.15) is 0 Å². The highest BCUT2D eigenvalue weighted by Gasteiger charge is 2.15. The van der Waals surface area contributed by atoms with Crippen molar-refractivity contribution < 1.29 is 6.85 Å². The molecular weight excluding hydrogens is 589 g/mol. The van der Waals surface area contributed by atoms with Gasteiger partial charge in [0.15, 0.2) is 34.9 Å². The highest BCUT2D eigenvalue weighted by atomic mass is 15.0. The van der Waals surface area contributed by atoms with Crippen LogP contribution in [0.1, 0.15) is 6.85 Å². The number of hydrogen-bond donors (Lipinski definition) is 0. The van der Waals surface area contributed by atoms with Crippen LogP contribution < -0.4 is 0 Å². The van der Waals surface area contributed by atoms with Crippen molar-refractivity contribution in [1.82, 2.24) is 29.9 Å². The quantitative estimate of drug-likeness (QED) is 0.176. The van der Waals surface area contributed by atoms with Crippen molar-refractivity contribution in [1.29, 1.82) is 0 Å². The van der Waals surface area contributed by atoms with E-state index < -0.39 is 30.2 Å². The molecule has 0 radical (unpaired) electrons. The Labute approximate surface area is 285 Å². The molecule has 226 valence electrons. The molecule has 2 aromatic heterocycles. The molecule has 0 aliphatic carbocycles.